The Kier molecular flexibility index (Phi) is 3.60. The molecule has 0 aliphatic heterocycles. The molecule has 23 heavy (non-hydrogen) atoms. The molecule has 1 aromatic heterocycles. The SMILES string of the molecule is CC(C)=C[C@@H]1[C@@H](C(=O)[C@@H](C#N)c2nc3ccccc3[nH]2)C1(C)C. The van der Waals surface area contributed by atoms with Gasteiger partial charge < -0.3 is 4.98 Å². The number of nitriles is 1. The molecule has 4 nitrogen and oxygen atoms in total. The van der Waals surface area contributed by atoms with E-state index in [4.69, 9.17) is 0 Å². The third-order valence-corrected chi connectivity index (χ3v) is 4.82. The molecular weight excluding hydrogens is 286 g/mol. The number of hydrogen-bond donors (Lipinski definition) is 1. The Labute approximate surface area is 136 Å². The van der Waals surface area contributed by atoms with Gasteiger partial charge in [0.1, 0.15) is 5.82 Å². The molecule has 0 radical (unpaired) electrons. The molecule has 0 amide bonds. The van der Waals surface area contributed by atoms with Crippen LogP contribution in [-0.4, -0.2) is 15.8 Å². The van der Waals surface area contributed by atoms with Crippen LogP contribution in [0, 0.1) is 28.6 Å². The fourth-order valence-corrected chi connectivity index (χ4v) is 3.44. The van der Waals surface area contributed by atoms with E-state index in [2.05, 4.69) is 36.0 Å². The Hall–Kier alpha value is -2.41. The summed E-state index contributed by atoms with van der Waals surface area (Å²) in [5.74, 6) is -0.311. The van der Waals surface area contributed by atoms with Gasteiger partial charge >= 0.3 is 0 Å². The summed E-state index contributed by atoms with van der Waals surface area (Å²) in [6.45, 7) is 8.26. The number of carbonyl (C=O) groups is 1. The van der Waals surface area contributed by atoms with E-state index in [0.717, 1.165) is 11.0 Å². The number of carbonyl (C=O) groups excluding carboxylic acids is 1. The number of imidazole rings is 1. The van der Waals surface area contributed by atoms with Gasteiger partial charge in [-0.1, -0.05) is 37.6 Å². The summed E-state index contributed by atoms with van der Waals surface area (Å²) in [7, 11) is 0. The molecule has 3 atom stereocenters. The number of para-hydroxylation sites is 2. The summed E-state index contributed by atoms with van der Waals surface area (Å²) < 4.78 is 0. The van der Waals surface area contributed by atoms with Crippen LogP contribution in [0.15, 0.2) is 35.9 Å². The maximum absolute atomic E-state index is 12.9. The fraction of sp³-hybridized carbons (Fsp3) is 0.421. The average molecular weight is 307 g/mol. The molecule has 1 N–H and O–H groups in total. The van der Waals surface area contributed by atoms with Gasteiger partial charge in [-0.05, 0) is 37.3 Å². The second-order valence-electron chi connectivity index (χ2n) is 7.17. The minimum atomic E-state index is -0.831. The molecule has 2 aromatic rings. The van der Waals surface area contributed by atoms with Gasteiger partial charge in [0.05, 0.1) is 17.1 Å². The summed E-state index contributed by atoms with van der Waals surface area (Å²) in [5.41, 5.74) is 2.75. The van der Waals surface area contributed by atoms with Crippen molar-refractivity contribution in [3.8, 4) is 6.07 Å². The lowest BCUT2D eigenvalue weighted by Crippen LogP contribution is -2.17. The molecule has 1 fully saturated rings. The Morgan fingerprint density at radius 1 is 1.39 bits per heavy atom. The van der Waals surface area contributed by atoms with Gasteiger partial charge in [0.25, 0.3) is 0 Å². The minimum Gasteiger partial charge on any atom is -0.340 e. The summed E-state index contributed by atoms with van der Waals surface area (Å²) >= 11 is 0. The van der Waals surface area contributed by atoms with Gasteiger partial charge in [0, 0.05) is 5.92 Å². The molecular formula is C19H21N3O. The first-order valence-corrected chi connectivity index (χ1v) is 7.89. The molecule has 1 aliphatic rings. The number of aromatic nitrogens is 2. The van der Waals surface area contributed by atoms with Crippen LogP contribution >= 0.6 is 0 Å². The number of rotatable bonds is 4. The van der Waals surface area contributed by atoms with Gasteiger partial charge in [-0.15, -0.1) is 0 Å². The summed E-state index contributed by atoms with van der Waals surface area (Å²) in [6, 6.07) is 9.72. The lowest BCUT2D eigenvalue weighted by atomic mass is 9.97. The first-order chi connectivity index (χ1) is 10.9. The van der Waals surface area contributed by atoms with Crippen LogP contribution in [0.2, 0.25) is 0 Å². The number of benzene rings is 1. The van der Waals surface area contributed by atoms with Crippen LogP contribution in [0.25, 0.3) is 11.0 Å². The number of nitrogens with one attached hydrogen (secondary N) is 1. The van der Waals surface area contributed by atoms with Crippen LogP contribution in [0.4, 0.5) is 0 Å². The number of aromatic amines is 1. The molecule has 4 heteroatoms. The third-order valence-electron chi connectivity index (χ3n) is 4.82. The minimum absolute atomic E-state index is 0.0287. The maximum atomic E-state index is 12.9. The predicted molar refractivity (Wildman–Crippen MR) is 89.6 cm³/mol. The van der Waals surface area contributed by atoms with Gasteiger partial charge in [-0.3, -0.25) is 4.79 Å². The summed E-state index contributed by atoms with van der Waals surface area (Å²) in [5, 5.41) is 9.54. The van der Waals surface area contributed by atoms with Gasteiger partial charge in [0.15, 0.2) is 11.7 Å². The van der Waals surface area contributed by atoms with Gasteiger partial charge in [-0.25, -0.2) is 4.98 Å². The van der Waals surface area contributed by atoms with Crippen LogP contribution in [-0.2, 0) is 4.79 Å². The quantitative estimate of drug-likeness (QED) is 0.869. The van der Waals surface area contributed by atoms with Gasteiger partial charge in [-0.2, -0.15) is 5.26 Å². The number of hydrogen-bond acceptors (Lipinski definition) is 3. The molecule has 1 aliphatic carbocycles. The monoisotopic (exact) mass is 307 g/mol. The van der Waals surface area contributed by atoms with E-state index in [9.17, 15) is 10.1 Å². The van der Waals surface area contributed by atoms with E-state index in [-0.39, 0.29) is 23.0 Å². The smallest absolute Gasteiger partial charge is 0.162 e. The highest BCUT2D eigenvalue weighted by Gasteiger charge is 2.61. The Morgan fingerprint density at radius 2 is 2.09 bits per heavy atom. The molecule has 0 saturated heterocycles. The van der Waals surface area contributed by atoms with Gasteiger partial charge in [0.2, 0.25) is 0 Å². The number of ketones is 1. The molecule has 0 unspecified atom stereocenters. The predicted octanol–water partition coefficient (Wildman–Crippen LogP) is 3.98. The number of fused-ring (bicyclic) bond motifs is 1. The topological polar surface area (TPSA) is 69.5 Å². The average Bonchev–Trinajstić information content (AvgIpc) is 2.84. The van der Waals surface area contributed by atoms with E-state index in [0.29, 0.717) is 5.82 Å². The van der Waals surface area contributed by atoms with Crippen molar-refractivity contribution < 1.29 is 4.79 Å². The van der Waals surface area contributed by atoms with Crippen LogP contribution < -0.4 is 0 Å². The molecule has 0 bridgehead atoms. The highest BCUT2D eigenvalue weighted by Crippen LogP contribution is 2.60. The summed E-state index contributed by atoms with van der Waals surface area (Å²) in [4.78, 5) is 20.5. The number of H-pyrrole nitrogens is 1. The fourth-order valence-electron chi connectivity index (χ4n) is 3.44. The Morgan fingerprint density at radius 3 is 2.70 bits per heavy atom. The molecule has 0 spiro atoms. The van der Waals surface area contributed by atoms with Crippen molar-refractivity contribution in [1.29, 1.82) is 5.26 Å². The standard InChI is InChI=1S/C19H21N3O/c1-11(2)9-13-16(19(13,3)4)17(23)12(10-20)18-21-14-7-5-6-8-15(14)22-18/h5-9,12-13,16H,1-4H3,(H,21,22)/t12-,13-,16+/m1/s1. The molecule has 1 heterocycles. The number of nitrogens with zero attached hydrogens (tertiary/aromatic N) is 2. The van der Waals surface area contributed by atoms with Crippen LogP contribution in [0.1, 0.15) is 39.4 Å². The van der Waals surface area contributed by atoms with Crippen molar-refractivity contribution in [3.63, 3.8) is 0 Å². The first-order valence-electron chi connectivity index (χ1n) is 7.89. The van der Waals surface area contributed by atoms with E-state index >= 15 is 0 Å². The Bertz CT molecular complexity index is 801. The normalized spacial score (nSPS) is 23.1. The van der Waals surface area contributed by atoms with E-state index in [1.807, 2.05) is 38.1 Å². The molecule has 118 valence electrons. The van der Waals surface area contributed by atoms with Crippen molar-refractivity contribution in [1.82, 2.24) is 9.97 Å². The lowest BCUT2D eigenvalue weighted by Gasteiger charge is -2.06. The number of allylic oxidation sites excluding steroid dienone is 2. The third kappa shape index (κ3) is 2.57. The van der Waals surface area contributed by atoms with Crippen molar-refractivity contribution in [2.75, 3.05) is 0 Å². The lowest BCUT2D eigenvalue weighted by molar-refractivity contribution is -0.121. The highest BCUT2D eigenvalue weighted by atomic mass is 16.1. The summed E-state index contributed by atoms with van der Waals surface area (Å²) in [6.07, 6.45) is 2.15. The largest absolute Gasteiger partial charge is 0.340 e. The van der Waals surface area contributed by atoms with Crippen LogP contribution in [0.3, 0.4) is 0 Å². The first kappa shape index (κ1) is 15.5. The van der Waals surface area contributed by atoms with E-state index < -0.39 is 5.92 Å². The zero-order valence-electron chi connectivity index (χ0n) is 13.9. The molecule has 3 rings (SSSR count). The van der Waals surface area contributed by atoms with Crippen molar-refractivity contribution in [2.24, 2.45) is 17.3 Å². The Balaban J connectivity index is 1.91. The van der Waals surface area contributed by atoms with Crippen molar-refractivity contribution >= 4 is 16.8 Å². The van der Waals surface area contributed by atoms with Crippen LogP contribution in [0.5, 0.6) is 0 Å². The van der Waals surface area contributed by atoms with E-state index in [1.165, 1.54) is 5.57 Å². The molecule has 1 saturated carbocycles. The highest BCUT2D eigenvalue weighted by molar-refractivity contribution is 5.94. The van der Waals surface area contributed by atoms with E-state index in [1.54, 1.807) is 0 Å². The van der Waals surface area contributed by atoms with Crippen molar-refractivity contribution in [3.05, 3.63) is 41.7 Å². The second-order valence-corrected chi connectivity index (χ2v) is 7.17. The number of Topliss-reactive ketones (excluding diaryl/α,β-unsaturated/α-hetero) is 1. The molecule has 1 aromatic carbocycles. The zero-order valence-corrected chi connectivity index (χ0v) is 13.9. The second kappa shape index (κ2) is 5.34. The zero-order chi connectivity index (χ0) is 16.8. The van der Waals surface area contributed by atoms with Crippen molar-refractivity contribution in [2.45, 2.75) is 33.6 Å². The maximum Gasteiger partial charge on any atom is 0.162 e.